The largest absolute Gasteiger partial charge is 0.490 e. The van der Waals surface area contributed by atoms with E-state index in [1.54, 1.807) is 12.1 Å². The van der Waals surface area contributed by atoms with Crippen molar-refractivity contribution in [2.75, 3.05) is 6.61 Å². The number of benzene rings is 3. The Morgan fingerprint density at radius 3 is 2.23 bits per heavy atom. The quantitative estimate of drug-likeness (QED) is 0.173. The van der Waals surface area contributed by atoms with Crippen LogP contribution in [-0.4, -0.2) is 6.61 Å². The Kier molecular flexibility index (Phi) is 8.03. The van der Waals surface area contributed by atoms with Crippen LogP contribution >= 0.6 is 45.8 Å². The maximum Gasteiger partial charge on any atom is 0.175 e. The third-order valence-corrected chi connectivity index (χ3v) is 5.52. The van der Waals surface area contributed by atoms with Gasteiger partial charge in [-0.1, -0.05) is 47.5 Å². The maximum atomic E-state index is 9.62. The summed E-state index contributed by atoms with van der Waals surface area (Å²) in [5.74, 6) is 1.31. The van der Waals surface area contributed by atoms with Gasteiger partial charge in [-0.3, -0.25) is 0 Å². The van der Waals surface area contributed by atoms with E-state index in [4.69, 9.17) is 32.7 Å². The highest BCUT2D eigenvalue weighted by molar-refractivity contribution is 14.1. The van der Waals surface area contributed by atoms with Crippen molar-refractivity contribution in [2.24, 2.45) is 0 Å². The highest BCUT2D eigenvalue weighted by Gasteiger charge is 2.13. The molecule has 3 nitrogen and oxygen atoms in total. The fraction of sp³-hybridized carbons (Fsp3) is 0.125. The van der Waals surface area contributed by atoms with E-state index in [0.717, 1.165) is 20.3 Å². The van der Waals surface area contributed by atoms with Crippen molar-refractivity contribution in [3.8, 4) is 17.6 Å². The van der Waals surface area contributed by atoms with Crippen LogP contribution in [0.4, 0.5) is 0 Å². The molecule has 0 saturated heterocycles. The molecule has 152 valence electrons. The molecule has 0 bridgehead atoms. The molecule has 0 fully saturated rings. The van der Waals surface area contributed by atoms with Gasteiger partial charge in [0, 0.05) is 10.0 Å². The van der Waals surface area contributed by atoms with Crippen LogP contribution in [0, 0.1) is 14.9 Å². The Balaban J connectivity index is 1.90. The minimum Gasteiger partial charge on any atom is -0.490 e. The van der Waals surface area contributed by atoms with Crippen molar-refractivity contribution in [3.63, 3.8) is 0 Å². The molecule has 0 spiro atoms. The number of nitriles is 1. The molecule has 0 amide bonds. The summed E-state index contributed by atoms with van der Waals surface area (Å²) in [5, 5.41) is 10.9. The molecule has 0 aliphatic rings. The van der Waals surface area contributed by atoms with Gasteiger partial charge in [0.05, 0.1) is 21.8 Å². The molecule has 0 N–H and O–H groups in total. The Labute approximate surface area is 200 Å². The van der Waals surface area contributed by atoms with E-state index in [1.165, 1.54) is 0 Å². The monoisotopic (exact) mass is 549 g/mol. The fourth-order valence-electron chi connectivity index (χ4n) is 2.79. The van der Waals surface area contributed by atoms with Crippen LogP contribution in [0.1, 0.15) is 23.6 Å². The van der Waals surface area contributed by atoms with E-state index in [0.29, 0.717) is 40.3 Å². The molecular formula is C24H18Cl2INO2. The average Bonchev–Trinajstić information content (AvgIpc) is 2.73. The molecule has 0 radical (unpaired) electrons. The first-order valence-corrected chi connectivity index (χ1v) is 11.0. The lowest BCUT2D eigenvalue weighted by Gasteiger charge is -2.15. The van der Waals surface area contributed by atoms with Crippen molar-refractivity contribution in [1.82, 2.24) is 0 Å². The minimum atomic E-state index is 0.399. The zero-order valence-electron chi connectivity index (χ0n) is 16.2. The molecule has 0 unspecified atom stereocenters. The van der Waals surface area contributed by atoms with Crippen molar-refractivity contribution in [3.05, 3.63) is 91.0 Å². The summed E-state index contributed by atoms with van der Waals surface area (Å²) in [5.41, 5.74) is 3.21. The highest BCUT2D eigenvalue weighted by atomic mass is 127. The van der Waals surface area contributed by atoms with Crippen LogP contribution in [0.5, 0.6) is 11.5 Å². The molecule has 0 aromatic heterocycles. The highest BCUT2D eigenvalue weighted by Crippen LogP contribution is 2.36. The van der Waals surface area contributed by atoms with Gasteiger partial charge in [0.2, 0.25) is 0 Å². The van der Waals surface area contributed by atoms with Crippen molar-refractivity contribution >= 4 is 57.4 Å². The lowest BCUT2D eigenvalue weighted by molar-refractivity contribution is 0.267. The van der Waals surface area contributed by atoms with Gasteiger partial charge in [0.25, 0.3) is 0 Å². The van der Waals surface area contributed by atoms with Crippen molar-refractivity contribution < 1.29 is 9.47 Å². The van der Waals surface area contributed by atoms with Gasteiger partial charge in [-0.05, 0) is 88.7 Å². The summed E-state index contributed by atoms with van der Waals surface area (Å²) in [7, 11) is 0. The first-order chi connectivity index (χ1) is 14.5. The van der Waals surface area contributed by atoms with Crippen LogP contribution in [0.25, 0.3) is 11.6 Å². The number of nitrogens with zero attached hydrogens (tertiary/aromatic N) is 1. The Morgan fingerprint density at radius 1 is 1.00 bits per heavy atom. The SMILES string of the molecule is CCOc1cc(/C=C(/C#N)c2ccc(Cl)cc2)cc(I)c1OCc1ccc(Cl)cc1. The Hall–Kier alpha value is -2.20. The first kappa shape index (κ1) is 22.5. The maximum absolute atomic E-state index is 9.62. The number of allylic oxidation sites excluding steroid dienone is 1. The van der Waals surface area contributed by atoms with Gasteiger partial charge < -0.3 is 9.47 Å². The number of halogens is 3. The van der Waals surface area contributed by atoms with E-state index in [9.17, 15) is 5.26 Å². The predicted octanol–water partition coefficient (Wildman–Crippen LogP) is 7.64. The Bertz CT molecular complexity index is 1090. The number of rotatable bonds is 7. The predicted molar refractivity (Wildman–Crippen MR) is 131 cm³/mol. The zero-order valence-corrected chi connectivity index (χ0v) is 19.8. The summed E-state index contributed by atoms with van der Waals surface area (Å²) in [6.45, 7) is 2.83. The molecule has 0 aliphatic carbocycles. The molecule has 0 heterocycles. The van der Waals surface area contributed by atoms with Crippen LogP contribution in [-0.2, 0) is 6.61 Å². The molecule has 6 heteroatoms. The molecule has 3 rings (SSSR count). The van der Waals surface area contributed by atoms with Gasteiger partial charge in [0.1, 0.15) is 6.61 Å². The van der Waals surface area contributed by atoms with Crippen LogP contribution < -0.4 is 9.47 Å². The minimum absolute atomic E-state index is 0.399. The molecule has 0 saturated carbocycles. The molecular weight excluding hydrogens is 532 g/mol. The summed E-state index contributed by atoms with van der Waals surface area (Å²) in [6, 6.07) is 20.8. The fourth-order valence-corrected chi connectivity index (χ4v) is 3.82. The normalized spacial score (nSPS) is 11.1. The molecule has 30 heavy (non-hydrogen) atoms. The molecule has 0 atom stereocenters. The standard InChI is InChI=1S/C24H18Cl2INO2/c1-2-29-23-13-17(11-19(14-28)18-5-9-21(26)10-6-18)12-22(27)24(23)30-15-16-3-7-20(25)8-4-16/h3-13H,2,15H2,1H3/b19-11-. The average molecular weight is 550 g/mol. The second kappa shape index (κ2) is 10.7. The van der Waals surface area contributed by atoms with E-state index in [-0.39, 0.29) is 0 Å². The topological polar surface area (TPSA) is 42.2 Å². The second-order valence-electron chi connectivity index (χ2n) is 6.35. The number of hydrogen-bond donors (Lipinski definition) is 0. The van der Waals surface area contributed by atoms with Crippen LogP contribution in [0.2, 0.25) is 10.0 Å². The van der Waals surface area contributed by atoms with Crippen molar-refractivity contribution in [1.29, 1.82) is 5.26 Å². The third kappa shape index (κ3) is 5.91. The third-order valence-electron chi connectivity index (χ3n) is 4.21. The van der Waals surface area contributed by atoms with E-state index < -0.39 is 0 Å². The summed E-state index contributed by atoms with van der Waals surface area (Å²) >= 11 is 14.1. The van der Waals surface area contributed by atoms with Crippen LogP contribution in [0.15, 0.2) is 60.7 Å². The van der Waals surface area contributed by atoms with Crippen LogP contribution in [0.3, 0.4) is 0 Å². The van der Waals surface area contributed by atoms with Gasteiger partial charge in [-0.25, -0.2) is 0 Å². The molecule has 3 aromatic carbocycles. The number of ether oxygens (including phenoxy) is 2. The lowest BCUT2D eigenvalue weighted by atomic mass is 10.0. The van der Waals surface area contributed by atoms with E-state index >= 15 is 0 Å². The molecule has 3 aromatic rings. The van der Waals surface area contributed by atoms with E-state index in [1.807, 2.05) is 61.5 Å². The Morgan fingerprint density at radius 2 is 1.63 bits per heavy atom. The number of hydrogen-bond acceptors (Lipinski definition) is 3. The first-order valence-electron chi connectivity index (χ1n) is 9.21. The summed E-state index contributed by atoms with van der Waals surface area (Å²) in [4.78, 5) is 0. The van der Waals surface area contributed by atoms with E-state index in [2.05, 4.69) is 28.7 Å². The van der Waals surface area contributed by atoms with Gasteiger partial charge in [0.15, 0.2) is 11.5 Å². The lowest BCUT2D eigenvalue weighted by Crippen LogP contribution is -2.02. The van der Waals surface area contributed by atoms with Crippen molar-refractivity contribution in [2.45, 2.75) is 13.5 Å². The zero-order chi connectivity index (χ0) is 21.5. The van der Waals surface area contributed by atoms with Gasteiger partial charge >= 0.3 is 0 Å². The molecule has 0 aliphatic heterocycles. The summed E-state index contributed by atoms with van der Waals surface area (Å²) in [6.07, 6.45) is 1.83. The summed E-state index contributed by atoms with van der Waals surface area (Å²) < 4.78 is 12.8. The second-order valence-corrected chi connectivity index (χ2v) is 8.39. The van der Waals surface area contributed by atoms with Gasteiger partial charge in [-0.15, -0.1) is 0 Å². The van der Waals surface area contributed by atoms with Gasteiger partial charge in [-0.2, -0.15) is 5.26 Å². The smallest absolute Gasteiger partial charge is 0.175 e.